The molecule has 0 aromatic carbocycles. The molecule has 0 heterocycles. The Hall–Kier alpha value is -0.570. The highest BCUT2D eigenvalue weighted by Gasteiger charge is 2.39. The van der Waals surface area contributed by atoms with E-state index in [9.17, 15) is 4.79 Å². The normalized spacial score (nSPS) is 22.7. The Labute approximate surface area is 66.8 Å². The molecule has 1 unspecified atom stereocenters. The van der Waals surface area contributed by atoms with Gasteiger partial charge in [0.05, 0.1) is 0 Å². The van der Waals surface area contributed by atoms with Crippen molar-refractivity contribution < 1.29 is 9.90 Å². The van der Waals surface area contributed by atoms with Crippen LogP contribution >= 0.6 is 0 Å². The fraction of sp³-hybridized carbons (Fsp3) is 0.875. The van der Waals surface area contributed by atoms with Gasteiger partial charge in [0, 0.05) is 5.54 Å². The monoisotopic (exact) mass is 157 g/mol. The third-order valence-corrected chi connectivity index (χ3v) is 2.23. The molecular weight excluding hydrogens is 142 g/mol. The van der Waals surface area contributed by atoms with Gasteiger partial charge in [-0.3, -0.25) is 10.1 Å². The highest BCUT2D eigenvalue weighted by Crippen LogP contribution is 2.34. The van der Waals surface area contributed by atoms with Gasteiger partial charge in [-0.1, -0.05) is 6.92 Å². The van der Waals surface area contributed by atoms with Crippen molar-refractivity contribution in [1.29, 1.82) is 0 Å². The number of aliphatic carboxylic acids is 1. The number of carboxylic acid groups (broad SMARTS) is 1. The minimum absolute atomic E-state index is 0.124. The lowest BCUT2D eigenvalue weighted by Gasteiger charge is -2.17. The zero-order chi connectivity index (χ0) is 8.48. The average molecular weight is 157 g/mol. The first-order valence-electron chi connectivity index (χ1n) is 4.08. The van der Waals surface area contributed by atoms with Crippen molar-refractivity contribution in [2.24, 2.45) is 0 Å². The Morgan fingerprint density at radius 1 is 1.73 bits per heavy atom. The molecule has 3 nitrogen and oxygen atoms in total. The Bertz CT molecular complexity index is 163. The van der Waals surface area contributed by atoms with Gasteiger partial charge >= 0.3 is 5.97 Å². The highest BCUT2D eigenvalue weighted by molar-refractivity contribution is 5.73. The smallest absolute Gasteiger partial charge is 0.320 e. The molecule has 3 heteroatoms. The van der Waals surface area contributed by atoms with E-state index in [0.717, 1.165) is 12.8 Å². The maximum absolute atomic E-state index is 10.6. The molecule has 0 amide bonds. The van der Waals surface area contributed by atoms with Gasteiger partial charge in [0.1, 0.15) is 6.04 Å². The second-order valence-corrected chi connectivity index (χ2v) is 3.50. The van der Waals surface area contributed by atoms with Crippen LogP contribution < -0.4 is 5.32 Å². The average Bonchev–Trinajstić information content (AvgIpc) is 2.64. The molecule has 1 aliphatic rings. The molecule has 1 rings (SSSR count). The molecular formula is C8H15NO2. The Kier molecular flexibility index (Phi) is 2.18. The van der Waals surface area contributed by atoms with Gasteiger partial charge in [-0.2, -0.15) is 0 Å². The second-order valence-electron chi connectivity index (χ2n) is 3.50. The molecule has 1 fully saturated rings. The molecule has 2 N–H and O–H groups in total. The van der Waals surface area contributed by atoms with Crippen LogP contribution in [0.25, 0.3) is 0 Å². The summed E-state index contributed by atoms with van der Waals surface area (Å²) in [7, 11) is 0. The first-order chi connectivity index (χ1) is 5.07. The molecule has 0 bridgehead atoms. The third kappa shape index (κ3) is 2.19. The first kappa shape index (κ1) is 8.53. The summed E-state index contributed by atoms with van der Waals surface area (Å²) in [6.07, 6.45) is 2.87. The van der Waals surface area contributed by atoms with Crippen LogP contribution in [-0.2, 0) is 4.79 Å². The summed E-state index contributed by atoms with van der Waals surface area (Å²) in [5, 5.41) is 11.8. The Balaban J connectivity index is 2.37. The fourth-order valence-corrected chi connectivity index (χ4v) is 1.09. The minimum Gasteiger partial charge on any atom is -0.480 e. The van der Waals surface area contributed by atoms with Gasteiger partial charge in [-0.15, -0.1) is 0 Å². The number of carbonyl (C=O) groups is 1. The summed E-state index contributed by atoms with van der Waals surface area (Å²) >= 11 is 0. The van der Waals surface area contributed by atoms with Crippen LogP contribution in [0.1, 0.15) is 33.1 Å². The number of nitrogens with one attached hydrogen (secondary N) is 1. The van der Waals surface area contributed by atoms with Crippen molar-refractivity contribution in [2.75, 3.05) is 0 Å². The fourth-order valence-electron chi connectivity index (χ4n) is 1.09. The molecule has 1 aliphatic carbocycles. The maximum atomic E-state index is 10.6. The van der Waals surface area contributed by atoms with E-state index >= 15 is 0 Å². The topological polar surface area (TPSA) is 49.3 Å². The lowest BCUT2D eigenvalue weighted by Crippen LogP contribution is -2.42. The predicted molar refractivity (Wildman–Crippen MR) is 42.5 cm³/mol. The van der Waals surface area contributed by atoms with Crippen LogP contribution in [0.4, 0.5) is 0 Å². The van der Waals surface area contributed by atoms with E-state index in [4.69, 9.17) is 5.11 Å². The van der Waals surface area contributed by atoms with E-state index < -0.39 is 5.97 Å². The van der Waals surface area contributed by atoms with Crippen molar-refractivity contribution in [2.45, 2.75) is 44.7 Å². The van der Waals surface area contributed by atoms with Crippen LogP contribution in [0.5, 0.6) is 0 Å². The van der Waals surface area contributed by atoms with Crippen molar-refractivity contribution in [1.82, 2.24) is 5.32 Å². The van der Waals surface area contributed by atoms with Gasteiger partial charge in [0.25, 0.3) is 0 Å². The van der Waals surface area contributed by atoms with E-state index in [2.05, 4.69) is 12.2 Å². The zero-order valence-electron chi connectivity index (χ0n) is 7.05. The summed E-state index contributed by atoms with van der Waals surface area (Å²) in [6, 6.07) is -0.359. The number of carboxylic acids is 1. The predicted octanol–water partition coefficient (Wildman–Crippen LogP) is 0.992. The van der Waals surface area contributed by atoms with Crippen molar-refractivity contribution in [3.05, 3.63) is 0 Å². The van der Waals surface area contributed by atoms with E-state index in [1.807, 2.05) is 6.92 Å². The van der Waals surface area contributed by atoms with Gasteiger partial charge in [0.15, 0.2) is 0 Å². The summed E-state index contributed by atoms with van der Waals surface area (Å²) in [6.45, 7) is 3.95. The first-order valence-corrected chi connectivity index (χ1v) is 4.08. The van der Waals surface area contributed by atoms with Crippen molar-refractivity contribution >= 4 is 5.97 Å². The van der Waals surface area contributed by atoms with Crippen LogP contribution in [-0.4, -0.2) is 22.7 Å². The van der Waals surface area contributed by atoms with Gasteiger partial charge < -0.3 is 5.11 Å². The van der Waals surface area contributed by atoms with Crippen LogP contribution in [0.3, 0.4) is 0 Å². The molecule has 1 atom stereocenters. The molecule has 64 valence electrons. The SMILES string of the molecule is CCC(NC1(C)CC1)C(=O)O. The lowest BCUT2D eigenvalue weighted by atomic mass is 10.2. The minimum atomic E-state index is -0.736. The third-order valence-electron chi connectivity index (χ3n) is 2.23. The molecule has 0 aromatic rings. The number of rotatable bonds is 4. The van der Waals surface area contributed by atoms with E-state index in [-0.39, 0.29) is 11.6 Å². The highest BCUT2D eigenvalue weighted by atomic mass is 16.4. The van der Waals surface area contributed by atoms with E-state index in [0.29, 0.717) is 6.42 Å². The Morgan fingerprint density at radius 2 is 2.27 bits per heavy atom. The number of hydrogen-bond acceptors (Lipinski definition) is 2. The standard InChI is InChI=1S/C8H15NO2/c1-3-6(7(10)11)9-8(2)4-5-8/h6,9H,3-5H2,1-2H3,(H,10,11). The number of hydrogen-bond donors (Lipinski definition) is 2. The molecule has 0 radical (unpaired) electrons. The van der Waals surface area contributed by atoms with Crippen LogP contribution in [0.15, 0.2) is 0 Å². The largest absolute Gasteiger partial charge is 0.480 e. The summed E-state index contributed by atoms with van der Waals surface area (Å²) in [4.78, 5) is 10.6. The molecule has 1 saturated carbocycles. The molecule has 0 saturated heterocycles. The molecule has 11 heavy (non-hydrogen) atoms. The van der Waals surface area contributed by atoms with Gasteiger partial charge in [-0.05, 0) is 26.2 Å². The van der Waals surface area contributed by atoms with Gasteiger partial charge in [0.2, 0.25) is 0 Å². The summed E-state index contributed by atoms with van der Waals surface area (Å²) < 4.78 is 0. The van der Waals surface area contributed by atoms with Gasteiger partial charge in [-0.25, -0.2) is 0 Å². The quantitative estimate of drug-likeness (QED) is 0.639. The zero-order valence-corrected chi connectivity index (χ0v) is 7.05. The maximum Gasteiger partial charge on any atom is 0.320 e. The van der Waals surface area contributed by atoms with Crippen molar-refractivity contribution in [3.8, 4) is 0 Å². The lowest BCUT2D eigenvalue weighted by molar-refractivity contribution is -0.139. The van der Waals surface area contributed by atoms with E-state index in [1.54, 1.807) is 0 Å². The summed E-state index contributed by atoms with van der Waals surface area (Å²) in [5.74, 6) is -0.736. The summed E-state index contributed by atoms with van der Waals surface area (Å²) in [5.41, 5.74) is 0.124. The van der Waals surface area contributed by atoms with Crippen LogP contribution in [0.2, 0.25) is 0 Å². The van der Waals surface area contributed by atoms with E-state index in [1.165, 1.54) is 0 Å². The van der Waals surface area contributed by atoms with Crippen molar-refractivity contribution in [3.63, 3.8) is 0 Å². The molecule has 0 spiro atoms. The molecule has 0 aliphatic heterocycles. The second kappa shape index (κ2) is 2.81. The molecule has 0 aromatic heterocycles. The Morgan fingerprint density at radius 3 is 2.55 bits per heavy atom. The van der Waals surface area contributed by atoms with Crippen LogP contribution in [0, 0.1) is 0 Å².